The minimum atomic E-state index is -1.07. The molecule has 6 nitrogen and oxygen atoms in total. The van der Waals surface area contributed by atoms with Gasteiger partial charge in [-0.15, -0.1) is 0 Å². The molecule has 3 aromatic rings. The van der Waals surface area contributed by atoms with Crippen LogP contribution in [0.4, 0.5) is 11.5 Å². The standard InChI is InChI=1S/C18H13N3O3/c1-24-14-7-4-12-8-15(18(22)23)17(21-16(12)9-14)20-13-5-2-11(10-19)3-6-13/h2-9H,1H3,(H,20,21)(H,22,23). The Morgan fingerprint density at radius 2 is 1.96 bits per heavy atom. The van der Waals surface area contributed by atoms with E-state index in [-0.39, 0.29) is 11.4 Å². The Hall–Kier alpha value is -3.59. The number of benzene rings is 2. The van der Waals surface area contributed by atoms with E-state index in [1.807, 2.05) is 6.07 Å². The van der Waals surface area contributed by atoms with Gasteiger partial charge in [0.1, 0.15) is 17.1 Å². The quantitative estimate of drug-likeness (QED) is 0.763. The Morgan fingerprint density at radius 3 is 2.58 bits per heavy atom. The van der Waals surface area contributed by atoms with E-state index < -0.39 is 5.97 Å². The predicted octanol–water partition coefficient (Wildman–Crippen LogP) is 3.56. The topological polar surface area (TPSA) is 95.2 Å². The summed E-state index contributed by atoms with van der Waals surface area (Å²) in [5.74, 6) is -0.202. The first-order valence-electron chi connectivity index (χ1n) is 7.10. The Kier molecular flexibility index (Phi) is 4.00. The average molecular weight is 319 g/mol. The Morgan fingerprint density at radius 1 is 1.21 bits per heavy atom. The Balaban J connectivity index is 2.07. The van der Waals surface area contributed by atoms with Crippen LogP contribution in [0.2, 0.25) is 0 Å². The van der Waals surface area contributed by atoms with Crippen molar-refractivity contribution in [3.05, 3.63) is 59.7 Å². The van der Waals surface area contributed by atoms with Crippen LogP contribution >= 0.6 is 0 Å². The van der Waals surface area contributed by atoms with Crippen LogP contribution < -0.4 is 10.1 Å². The highest BCUT2D eigenvalue weighted by Crippen LogP contribution is 2.26. The SMILES string of the molecule is COc1ccc2cc(C(=O)O)c(Nc3ccc(C#N)cc3)nc2c1. The predicted molar refractivity (Wildman–Crippen MR) is 89.7 cm³/mol. The summed E-state index contributed by atoms with van der Waals surface area (Å²) in [6, 6.07) is 15.5. The number of aromatic nitrogens is 1. The maximum Gasteiger partial charge on any atom is 0.339 e. The number of nitrogens with zero attached hydrogens (tertiary/aromatic N) is 2. The fraction of sp³-hybridized carbons (Fsp3) is 0.0556. The van der Waals surface area contributed by atoms with Gasteiger partial charge in [-0.25, -0.2) is 9.78 Å². The number of rotatable bonds is 4. The first-order valence-corrected chi connectivity index (χ1v) is 7.10. The zero-order valence-corrected chi connectivity index (χ0v) is 12.8. The van der Waals surface area contributed by atoms with Crippen LogP contribution in [0.3, 0.4) is 0 Å². The number of hydrogen-bond donors (Lipinski definition) is 2. The summed E-state index contributed by atoms with van der Waals surface area (Å²) in [6.07, 6.45) is 0. The molecular weight excluding hydrogens is 306 g/mol. The molecular formula is C18H13N3O3. The summed E-state index contributed by atoms with van der Waals surface area (Å²) in [5.41, 5.74) is 1.86. The molecule has 0 aliphatic rings. The van der Waals surface area contributed by atoms with Crippen molar-refractivity contribution in [2.75, 3.05) is 12.4 Å². The third-order valence-corrected chi connectivity index (χ3v) is 3.53. The Bertz CT molecular complexity index is 960. The van der Waals surface area contributed by atoms with Crippen molar-refractivity contribution < 1.29 is 14.6 Å². The molecule has 3 rings (SSSR count). The molecule has 2 aromatic carbocycles. The fourth-order valence-corrected chi connectivity index (χ4v) is 2.30. The second-order valence-electron chi connectivity index (χ2n) is 5.06. The minimum Gasteiger partial charge on any atom is -0.497 e. The molecule has 0 spiro atoms. The third kappa shape index (κ3) is 2.96. The van der Waals surface area contributed by atoms with Gasteiger partial charge >= 0.3 is 5.97 Å². The second-order valence-corrected chi connectivity index (χ2v) is 5.06. The maximum atomic E-state index is 11.5. The number of anilines is 2. The molecule has 0 saturated carbocycles. The maximum absolute atomic E-state index is 11.5. The van der Waals surface area contributed by atoms with Gasteiger partial charge in [0, 0.05) is 17.1 Å². The smallest absolute Gasteiger partial charge is 0.339 e. The highest BCUT2D eigenvalue weighted by molar-refractivity contribution is 5.99. The van der Waals surface area contributed by atoms with E-state index in [2.05, 4.69) is 10.3 Å². The molecule has 1 heterocycles. The van der Waals surface area contributed by atoms with Crippen molar-refractivity contribution in [2.24, 2.45) is 0 Å². The van der Waals surface area contributed by atoms with Crippen LogP contribution in [0, 0.1) is 11.3 Å². The molecule has 0 bridgehead atoms. The lowest BCUT2D eigenvalue weighted by Gasteiger charge is -2.11. The number of methoxy groups -OCH3 is 1. The zero-order chi connectivity index (χ0) is 17.1. The summed E-state index contributed by atoms with van der Waals surface area (Å²) >= 11 is 0. The first kappa shape index (κ1) is 15.3. The van der Waals surface area contributed by atoms with Crippen molar-refractivity contribution in [1.82, 2.24) is 4.98 Å². The van der Waals surface area contributed by atoms with E-state index in [9.17, 15) is 9.90 Å². The lowest BCUT2D eigenvalue weighted by Crippen LogP contribution is -2.05. The molecule has 0 aliphatic carbocycles. The van der Waals surface area contributed by atoms with Crippen molar-refractivity contribution in [3.63, 3.8) is 0 Å². The highest BCUT2D eigenvalue weighted by atomic mass is 16.5. The van der Waals surface area contributed by atoms with E-state index in [0.717, 1.165) is 0 Å². The average Bonchev–Trinajstić information content (AvgIpc) is 2.61. The van der Waals surface area contributed by atoms with Crippen LogP contribution in [-0.2, 0) is 0 Å². The van der Waals surface area contributed by atoms with Crippen molar-refractivity contribution in [3.8, 4) is 11.8 Å². The Labute approximate surface area is 137 Å². The summed E-state index contributed by atoms with van der Waals surface area (Å²) < 4.78 is 5.18. The minimum absolute atomic E-state index is 0.0667. The van der Waals surface area contributed by atoms with Gasteiger partial charge in [-0.05, 0) is 42.5 Å². The van der Waals surface area contributed by atoms with Gasteiger partial charge in [0.2, 0.25) is 0 Å². The highest BCUT2D eigenvalue weighted by Gasteiger charge is 2.14. The van der Waals surface area contributed by atoms with Crippen LogP contribution in [0.5, 0.6) is 5.75 Å². The largest absolute Gasteiger partial charge is 0.497 e. The molecule has 0 amide bonds. The molecule has 0 atom stereocenters. The van der Waals surface area contributed by atoms with Gasteiger partial charge in [-0.1, -0.05) is 0 Å². The number of nitrogens with one attached hydrogen (secondary N) is 1. The van der Waals surface area contributed by atoms with Crippen LogP contribution in [0.1, 0.15) is 15.9 Å². The second kappa shape index (κ2) is 6.26. The van der Waals surface area contributed by atoms with E-state index in [0.29, 0.717) is 27.9 Å². The number of fused-ring (bicyclic) bond motifs is 1. The molecule has 0 radical (unpaired) electrons. The van der Waals surface area contributed by atoms with Crippen molar-refractivity contribution >= 4 is 28.4 Å². The van der Waals surface area contributed by atoms with Crippen LogP contribution in [0.25, 0.3) is 10.9 Å². The molecule has 0 fully saturated rings. The fourth-order valence-electron chi connectivity index (χ4n) is 2.30. The lowest BCUT2D eigenvalue weighted by atomic mass is 10.1. The molecule has 2 N–H and O–H groups in total. The zero-order valence-electron chi connectivity index (χ0n) is 12.8. The lowest BCUT2D eigenvalue weighted by molar-refractivity contribution is 0.0698. The number of carboxylic acid groups (broad SMARTS) is 1. The number of ether oxygens (including phenoxy) is 1. The van der Waals surface area contributed by atoms with E-state index in [1.54, 1.807) is 55.6 Å². The third-order valence-electron chi connectivity index (χ3n) is 3.53. The molecule has 6 heteroatoms. The molecule has 1 aromatic heterocycles. The summed E-state index contributed by atoms with van der Waals surface area (Å²) in [4.78, 5) is 15.9. The normalized spacial score (nSPS) is 10.2. The number of carboxylic acids is 1. The molecule has 24 heavy (non-hydrogen) atoms. The van der Waals surface area contributed by atoms with E-state index in [4.69, 9.17) is 10.00 Å². The summed E-state index contributed by atoms with van der Waals surface area (Å²) in [5, 5.41) is 22.0. The van der Waals surface area contributed by atoms with Gasteiger partial charge in [0.05, 0.1) is 24.3 Å². The van der Waals surface area contributed by atoms with E-state index >= 15 is 0 Å². The molecule has 0 saturated heterocycles. The van der Waals surface area contributed by atoms with Crippen LogP contribution in [-0.4, -0.2) is 23.2 Å². The molecule has 118 valence electrons. The van der Waals surface area contributed by atoms with Gasteiger partial charge in [0.15, 0.2) is 0 Å². The molecule has 0 aliphatic heterocycles. The van der Waals surface area contributed by atoms with E-state index in [1.165, 1.54) is 0 Å². The van der Waals surface area contributed by atoms with Crippen molar-refractivity contribution in [2.45, 2.75) is 0 Å². The number of pyridine rings is 1. The number of aromatic carboxylic acids is 1. The number of hydrogen-bond acceptors (Lipinski definition) is 5. The van der Waals surface area contributed by atoms with Gasteiger partial charge in [-0.3, -0.25) is 0 Å². The van der Waals surface area contributed by atoms with Crippen LogP contribution in [0.15, 0.2) is 48.5 Å². The first-order chi connectivity index (χ1) is 11.6. The van der Waals surface area contributed by atoms with Gasteiger partial charge < -0.3 is 15.2 Å². The van der Waals surface area contributed by atoms with Crippen molar-refractivity contribution in [1.29, 1.82) is 5.26 Å². The summed E-state index contributed by atoms with van der Waals surface area (Å²) in [6.45, 7) is 0. The van der Waals surface area contributed by atoms with Gasteiger partial charge in [-0.2, -0.15) is 5.26 Å². The number of nitriles is 1. The van der Waals surface area contributed by atoms with Gasteiger partial charge in [0.25, 0.3) is 0 Å². The molecule has 0 unspecified atom stereocenters. The summed E-state index contributed by atoms with van der Waals surface area (Å²) in [7, 11) is 1.56. The monoisotopic (exact) mass is 319 g/mol. The number of carbonyl (C=O) groups is 1.